The highest BCUT2D eigenvalue weighted by Gasteiger charge is 2.24. The van der Waals surface area contributed by atoms with Gasteiger partial charge in [0.1, 0.15) is 22.7 Å². The molecule has 0 saturated carbocycles. The van der Waals surface area contributed by atoms with Crippen molar-refractivity contribution in [3.63, 3.8) is 0 Å². The van der Waals surface area contributed by atoms with Crippen molar-refractivity contribution in [2.24, 2.45) is 5.10 Å². The molecule has 0 aliphatic carbocycles. The maximum atomic E-state index is 13.2. The number of carbonyl (C=O) groups excluding carboxylic acids is 1. The monoisotopic (exact) mass is 404 g/mol. The summed E-state index contributed by atoms with van der Waals surface area (Å²) in [6, 6.07) is 13.2. The predicted octanol–water partition coefficient (Wildman–Crippen LogP) is 3.72. The molecule has 30 heavy (non-hydrogen) atoms. The normalized spacial score (nSPS) is 12.6. The van der Waals surface area contributed by atoms with Crippen LogP contribution in [0.3, 0.4) is 0 Å². The van der Waals surface area contributed by atoms with Gasteiger partial charge in [0, 0.05) is 6.04 Å². The molecule has 8 heteroatoms. The molecule has 0 spiro atoms. The first-order valence-electron chi connectivity index (χ1n) is 9.65. The highest BCUT2D eigenvalue weighted by molar-refractivity contribution is 6.10. The highest BCUT2D eigenvalue weighted by Crippen LogP contribution is 2.28. The van der Waals surface area contributed by atoms with E-state index in [2.05, 4.69) is 20.4 Å². The van der Waals surface area contributed by atoms with Crippen molar-refractivity contribution >= 4 is 40.1 Å². The molecule has 1 atom stereocenters. The Morgan fingerprint density at radius 1 is 1.20 bits per heavy atom. The van der Waals surface area contributed by atoms with Gasteiger partial charge in [0.2, 0.25) is 0 Å². The van der Waals surface area contributed by atoms with Gasteiger partial charge in [-0.15, -0.1) is 0 Å². The zero-order chi connectivity index (χ0) is 21.3. The molecule has 0 bridgehead atoms. The molecule has 0 unspecified atom stereocenters. The zero-order valence-corrected chi connectivity index (χ0v) is 16.6. The molecule has 0 aliphatic rings. The van der Waals surface area contributed by atoms with Gasteiger partial charge in [0.15, 0.2) is 5.65 Å². The SMILES string of the molecule is CC[C@H](C)NC(=O)c1c(N)n(/N=C\c2ccc(F)cc2)c2nc3ccccc3nc12. The third-order valence-corrected chi connectivity index (χ3v) is 4.88. The molecular weight excluding hydrogens is 383 g/mol. The van der Waals surface area contributed by atoms with Gasteiger partial charge in [-0.1, -0.05) is 31.2 Å². The molecule has 7 nitrogen and oxygen atoms in total. The van der Waals surface area contributed by atoms with Gasteiger partial charge in [-0.3, -0.25) is 4.79 Å². The van der Waals surface area contributed by atoms with E-state index in [0.717, 1.165) is 6.42 Å². The van der Waals surface area contributed by atoms with Crippen LogP contribution < -0.4 is 11.1 Å². The number of fused-ring (bicyclic) bond motifs is 2. The summed E-state index contributed by atoms with van der Waals surface area (Å²) in [5.41, 5.74) is 9.32. The van der Waals surface area contributed by atoms with Crippen LogP contribution in [-0.4, -0.2) is 32.8 Å². The average Bonchev–Trinajstić information content (AvgIpc) is 3.01. The van der Waals surface area contributed by atoms with Gasteiger partial charge >= 0.3 is 0 Å². The summed E-state index contributed by atoms with van der Waals surface area (Å²) in [6.45, 7) is 3.90. The fraction of sp³-hybridized carbons (Fsp3) is 0.182. The van der Waals surface area contributed by atoms with Crippen molar-refractivity contribution < 1.29 is 9.18 Å². The molecule has 1 amide bonds. The van der Waals surface area contributed by atoms with Gasteiger partial charge in [-0.2, -0.15) is 9.78 Å². The molecular formula is C22H21FN6O. The molecule has 2 heterocycles. The lowest BCUT2D eigenvalue weighted by atomic mass is 10.2. The van der Waals surface area contributed by atoms with Gasteiger partial charge < -0.3 is 11.1 Å². The van der Waals surface area contributed by atoms with E-state index >= 15 is 0 Å². The number of anilines is 1. The van der Waals surface area contributed by atoms with Crippen LogP contribution in [0.2, 0.25) is 0 Å². The Morgan fingerprint density at radius 2 is 1.87 bits per heavy atom. The largest absolute Gasteiger partial charge is 0.383 e. The van der Waals surface area contributed by atoms with Crippen molar-refractivity contribution in [3.05, 3.63) is 65.5 Å². The van der Waals surface area contributed by atoms with E-state index < -0.39 is 0 Å². The second kappa shape index (κ2) is 7.90. The van der Waals surface area contributed by atoms with Gasteiger partial charge in [-0.25, -0.2) is 14.4 Å². The molecule has 0 radical (unpaired) electrons. The van der Waals surface area contributed by atoms with E-state index in [9.17, 15) is 9.18 Å². The first kappa shape index (κ1) is 19.5. The number of halogens is 1. The zero-order valence-electron chi connectivity index (χ0n) is 16.6. The quantitative estimate of drug-likeness (QED) is 0.495. The van der Waals surface area contributed by atoms with Crippen LogP contribution >= 0.6 is 0 Å². The van der Waals surface area contributed by atoms with Crippen LogP contribution in [0.5, 0.6) is 0 Å². The molecule has 0 saturated heterocycles. The number of benzene rings is 2. The van der Waals surface area contributed by atoms with Crippen LogP contribution in [0, 0.1) is 5.82 Å². The Balaban J connectivity index is 1.89. The number of aromatic nitrogens is 3. The third-order valence-electron chi connectivity index (χ3n) is 4.88. The van der Waals surface area contributed by atoms with Crippen molar-refractivity contribution in [2.75, 3.05) is 5.73 Å². The molecule has 0 aliphatic heterocycles. The number of amides is 1. The number of nitrogens with two attached hydrogens (primary N) is 1. The van der Waals surface area contributed by atoms with E-state index in [0.29, 0.717) is 27.8 Å². The highest BCUT2D eigenvalue weighted by atomic mass is 19.1. The molecule has 3 N–H and O–H groups in total. The van der Waals surface area contributed by atoms with Crippen LogP contribution in [0.1, 0.15) is 36.2 Å². The second-order valence-corrected chi connectivity index (χ2v) is 7.04. The van der Waals surface area contributed by atoms with Crippen LogP contribution in [0.25, 0.3) is 22.2 Å². The standard InChI is InChI=1S/C22H21FN6O/c1-3-13(2)26-22(30)18-19-21(28-17-7-5-4-6-16(17)27-19)29(20(18)24)25-12-14-8-10-15(23)11-9-14/h4-13H,3,24H2,1-2H3,(H,26,30)/b25-12-/t13-/m0/s1. The predicted molar refractivity (Wildman–Crippen MR) is 116 cm³/mol. The lowest BCUT2D eigenvalue weighted by molar-refractivity contribution is 0.0941. The summed E-state index contributed by atoms with van der Waals surface area (Å²) in [5.74, 6) is -0.522. The minimum Gasteiger partial charge on any atom is -0.383 e. The molecule has 2 aromatic carbocycles. The number of carbonyl (C=O) groups is 1. The van der Waals surface area contributed by atoms with E-state index in [-0.39, 0.29) is 29.1 Å². The molecule has 4 aromatic rings. The molecule has 152 valence electrons. The van der Waals surface area contributed by atoms with Crippen molar-refractivity contribution in [3.8, 4) is 0 Å². The number of para-hydroxylation sites is 2. The second-order valence-electron chi connectivity index (χ2n) is 7.04. The number of nitrogens with zero attached hydrogens (tertiary/aromatic N) is 4. The van der Waals surface area contributed by atoms with Crippen molar-refractivity contribution in [1.82, 2.24) is 20.0 Å². The number of hydrogen-bond acceptors (Lipinski definition) is 5. The third kappa shape index (κ3) is 3.59. The number of nitrogen functional groups attached to an aromatic ring is 1. The maximum Gasteiger partial charge on any atom is 0.257 e. The number of hydrogen-bond donors (Lipinski definition) is 2. The maximum absolute atomic E-state index is 13.2. The van der Waals surface area contributed by atoms with E-state index in [1.165, 1.54) is 23.0 Å². The minimum atomic E-state index is -0.334. The Labute approximate surface area is 172 Å². The Kier molecular flexibility index (Phi) is 5.14. The minimum absolute atomic E-state index is 0.0218. The van der Waals surface area contributed by atoms with Gasteiger partial charge in [0.05, 0.1) is 17.2 Å². The smallest absolute Gasteiger partial charge is 0.257 e. The van der Waals surface area contributed by atoms with Gasteiger partial charge in [-0.05, 0) is 43.2 Å². The fourth-order valence-electron chi connectivity index (χ4n) is 3.06. The summed E-state index contributed by atoms with van der Waals surface area (Å²) in [7, 11) is 0. The van der Waals surface area contributed by atoms with E-state index in [4.69, 9.17) is 5.73 Å². The Hall–Kier alpha value is -3.81. The lowest BCUT2D eigenvalue weighted by Gasteiger charge is -2.11. The molecule has 4 rings (SSSR count). The number of nitrogens with one attached hydrogen (secondary N) is 1. The lowest BCUT2D eigenvalue weighted by Crippen LogP contribution is -2.32. The summed E-state index contributed by atoms with van der Waals surface area (Å²) in [6.07, 6.45) is 2.31. The average molecular weight is 404 g/mol. The Morgan fingerprint density at radius 3 is 2.53 bits per heavy atom. The summed E-state index contributed by atoms with van der Waals surface area (Å²) in [4.78, 5) is 22.2. The van der Waals surface area contributed by atoms with Crippen molar-refractivity contribution in [2.45, 2.75) is 26.3 Å². The van der Waals surface area contributed by atoms with Crippen LogP contribution in [-0.2, 0) is 0 Å². The van der Waals surface area contributed by atoms with E-state index in [1.54, 1.807) is 12.1 Å². The van der Waals surface area contributed by atoms with Crippen LogP contribution in [0.4, 0.5) is 10.2 Å². The molecule has 0 fully saturated rings. The Bertz CT molecular complexity index is 1260. The number of rotatable bonds is 5. The van der Waals surface area contributed by atoms with Crippen LogP contribution in [0.15, 0.2) is 53.6 Å². The topological polar surface area (TPSA) is 98.2 Å². The molecule has 2 aromatic heterocycles. The summed E-state index contributed by atoms with van der Waals surface area (Å²) >= 11 is 0. The first-order chi connectivity index (χ1) is 14.5. The van der Waals surface area contributed by atoms with Crippen molar-refractivity contribution in [1.29, 1.82) is 0 Å². The van der Waals surface area contributed by atoms with Gasteiger partial charge in [0.25, 0.3) is 5.91 Å². The fourth-order valence-corrected chi connectivity index (χ4v) is 3.06. The summed E-state index contributed by atoms with van der Waals surface area (Å²) < 4.78 is 14.6. The van der Waals surface area contributed by atoms with E-state index in [1.807, 2.05) is 38.1 Å². The first-order valence-corrected chi connectivity index (χ1v) is 9.65. The summed E-state index contributed by atoms with van der Waals surface area (Å²) in [5, 5.41) is 7.33.